The number of carbonyl (C=O) groups is 1. The molecule has 0 aromatic carbocycles. The molecule has 0 aliphatic carbocycles. The summed E-state index contributed by atoms with van der Waals surface area (Å²) in [7, 11) is 0. The summed E-state index contributed by atoms with van der Waals surface area (Å²) in [6.07, 6.45) is 0.416. The van der Waals surface area contributed by atoms with Crippen LogP contribution in [0.5, 0.6) is 0 Å². The molecule has 0 saturated carbocycles. The number of hydrogen-bond acceptors (Lipinski definition) is 3. The molecule has 1 atom stereocenters. The summed E-state index contributed by atoms with van der Waals surface area (Å²) in [5, 5.41) is 8.68. The van der Waals surface area contributed by atoms with Gasteiger partial charge >= 0.3 is 5.97 Å². The fraction of sp³-hybridized carbons (Fsp3) is 0.857. The summed E-state index contributed by atoms with van der Waals surface area (Å²) in [6.45, 7) is 3.82. The maximum atomic E-state index is 10.6. The standard InChI is InChI=1S/C7H16N2O2/c1-5(2)3-7(9,4-8)6(10)11/h5H,3-4,8-9H2,1-2H3,(H,10,11)/t7-/m0/s1. The third-order valence-electron chi connectivity index (χ3n) is 1.56. The molecule has 0 bridgehead atoms. The van der Waals surface area contributed by atoms with Crippen LogP contribution in [0.3, 0.4) is 0 Å². The van der Waals surface area contributed by atoms with Crippen molar-refractivity contribution in [1.82, 2.24) is 0 Å². The summed E-state index contributed by atoms with van der Waals surface area (Å²) >= 11 is 0. The van der Waals surface area contributed by atoms with Crippen molar-refractivity contribution in [2.24, 2.45) is 17.4 Å². The molecule has 0 aromatic rings. The summed E-state index contributed by atoms with van der Waals surface area (Å²) in [4.78, 5) is 10.6. The third-order valence-corrected chi connectivity index (χ3v) is 1.56. The second-order valence-corrected chi connectivity index (χ2v) is 3.26. The number of rotatable bonds is 4. The number of carboxylic acids is 1. The van der Waals surface area contributed by atoms with E-state index in [1.807, 2.05) is 13.8 Å². The molecule has 0 rings (SSSR count). The summed E-state index contributed by atoms with van der Waals surface area (Å²) in [6, 6.07) is 0. The van der Waals surface area contributed by atoms with Crippen molar-refractivity contribution in [2.45, 2.75) is 25.8 Å². The molecule has 0 aromatic heterocycles. The van der Waals surface area contributed by atoms with E-state index in [9.17, 15) is 4.79 Å². The highest BCUT2D eigenvalue weighted by atomic mass is 16.4. The van der Waals surface area contributed by atoms with Crippen LogP contribution >= 0.6 is 0 Å². The van der Waals surface area contributed by atoms with Gasteiger partial charge in [0.25, 0.3) is 0 Å². The lowest BCUT2D eigenvalue weighted by molar-refractivity contribution is -0.143. The summed E-state index contributed by atoms with van der Waals surface area (Å²) in [5.74, 6) is -0.770. The Morgan fingerprint density at radius 3 is 2.18 bits per heavy atom. The second-order valence-electron chi connectivity index (χ2n) is 3.26. The first kappa shape index (κ1) is 10.4. The van der Waals surface area contributed by atoms with Gasteiger partial charge in [-0.1, -0.05) is 13.8 Å². The van der Waals surface area contributed by atoms with E-state index >= 15 is 0 Å². The maximum absolute atomic E-state index is 10.6. The molecule has 0 spiro atoms. The van der Waals surface area contributed by atoms with Crippen molar-refractivity contribution >= 4 is 5.97 Å². The zero-order valence-corrected chi connectivity index (χ0v) is 7.00. The molecule has 0 heterocycles. The average Bonchev–Trinajstić information content (AvgIpc) is 1.86. The minimum atomic E-state index is -1.24. The fourth-order valence-corrected chi connectivity index (χ4v) is 0.986. The van der Waals surface area contributed by atoms with Crippen LogP contribution < -0.4 is 11.5 Å². The van der Waals surface area contributed by atoms with Gasteiger partial charge in [0.05, 0.1) is 0 Å². The highest BCUT2D eigenvalue weighted by Gasteiger charge is 2.32. The van der Waals surface area contributed by atoms with E-state index in [0.717, 1.165) is 0 Å². The number of carboxylic acid groups (broad SMARTS) is 1. The third kappa shape index (κ3) is 2.86. The lowest BCUT2D eigenvalue weighted by Crippen LogP contribution is -2.54. The number of aliphatic carboxylic acids is 1. The zero-order valence-electron chi connectivity index (χ0n) is 7.00. The minimum absolute atomic E-state index is 0.0134. The number of nitrogens with two attached hydrogens (primary N) is 2. The van der Waals surface area contributed by atoms with Crippen molar-refractivity contribution in [3.63, 3.8) is 0 Å². The molecule has 0 radical (unpaired) electrons. The molecule has 4 heteroatoms. The Bertz CT molecular complexity index is 147. The van der Waals surface area contributed by atoms with Gasteiger partial charge in [0.1, 0.15) is 5.54 Å². The Morgan fingerprint density at radius 2 is 2.09 bits per heavy atom. The topological polar surface area (TPSA) is 89.3 Å². The van der Waals surface area contributed by atoms with E-state index < -0.39 is 11.5 Å². The molecule has 11 heavy (non-hydrogen) atoms. The van der Waals surface area contributed by atoms with E-state index in [-0.39, 0.29) is 12.5 Å². The molecule has 4 nitrogen and oxygen atoms in total. The van der Waals surface area contributed by atoms with E-state index in [1.165, 1.54) is 0 Å². The summed E-state index contributed by atoms with van der Waals surface area (Å²) in [5.41, 5.74) is 9.52. The Labute approximate surface area is 66.6 Å². The molecule has 0 aliphatic rings. The molecule has 5 N–H and O–H groups in total. The van der Waals surface area contributed by atoms with Crippen LogP contribution in [0.4, 0.5) is 0 Å². The van der Waals surface area contributed by atoms with E-state index in [2.05, 4.69) is 0 Å². The first-order valence-electron chi connectivity index (χ1n) is 3.64. The largest absolute Gasteiger partial charge is 0.480 e. The SMILES string of the molecule is CC(C)C[C@](N)(CN)C(=O)O. The van der Waals surface area contributed by atoms with Gasteiger partial charge in [-0.3, -0.25) is 4.79 Å². The van der Waals surface area contributed by atoms with Crippen LogP contribution in [0.2, 0.25) is 0 Å². The predicted octanol–water partition coefficient (Wildman–Crippen LogP) is -0.227. The monoisotopic (exact) mass is 160 g/mol. The molecule has 0 unspecified atom stereocenters. The zero-order chi connectivity index (χ0) is 9.07. The van der Waals surface area contributed by atoms with Crippen LogP contribution in [-0.2, 0) is 4.79 Å². The van der Waals surface area contributed by atoms with Gasteiger partial charge in [-0.2, -0.15) is 0 Å². The van der Waals surface area contributed by atoms with Gasteiger partial charge in [-0.05, 0) is 12.3 Å². The van der Waals surface area contributed by atoms with E-state index in [1.54, 1.807) is 0 Å². The van der Waals surface area contributed by atoms with Gasteiger partial charge < -0.3 is 16.6 Å². The van der Waals surface area contributed by atoms with Crippen molar-refractivity contribution in [3.05, 3.63) is 0 Å². The number of hydrogen-bond donors (Lipinski definition) is 3. The molecular formula is C7H16N2O2. The Hall–Kier alpha value is -0.610. The Kier molecular flexibility index (Phi) is 3.48. The highest BCUT2D eigenvalue weighted by Crippen LogP contribution is 2.12. The Morgan fingerprint density at radius 1 is 1.64 bits per heavy atom. The first-order chi connectivity index (χ1) is 4.92. The smallest absolute Gasteiger partial charge is 0.325 e. The van der Waals surface area contributed by atoms with Crippen LogP contribution in [0, 0.1) is 5.92 Å². The quantitative estimate of drug-likeness (QED) is 0.530. The van der Waals surface area contributed by atoms with E-state index in [4.69, 9.17) is 16.6 Å². The molecule has 0 aliphatic heterocycles. The van der Waals surface area contributed by atoms with Crippen molar-refractivity contribution in [3.8, 4) is 0 Å². The molecule has 0 saturated heterocycles. The molecule has 0 amide bonds. The van der Waals surface area contributed by atoms with Gasteiger partial charge in [0.15, 0.2) is 0 Å². The molecule has 0 fully saturated rings. The summed E-state index contributed by atoms with van der Waals surface area (Å²) < 4.78 is 0. The lowest BCUT2D eigenvalue weighted by atomic mass is 9.90. The van der Waals surface area contributed by atoms with Gasteiger partial charge in [0, 0.05) is 6.54 Å². The van der Waals surface area contributed by atoms with Crippen LogP contribution in [0.15, 0.2) is 0 Å². The average molecular weight is 160 g/mol. The van der Waals surface area contributed by atoms with Crippen molar-refractivity contribution < 1.29 is 9.90 Å². The maximum Gasteiger partial charge on any atom is 0.325 e. The Balaban J connectivity index is 4.22. The van der Waals surface area contributed by atoms with Crippen LogP contribution in [0.1, 0.15) is 20.3 Å². The second kappa shape index (κ2) is 3.69. The molecule has 66 valence electrons. The highest BCUT2D eigenvalue weighted by molar-refractivity contribution is 5.78. The minimum Gasteiger partial charge on any atom is -0.480 e. The van der Waals surface area contributed by atoms with Crippen molar-refractivity contribution in [1.29, 1.82) is 0 Å². The fourth-order valence-electron chi connectivity index (χ4n) is 0.986. The predicted molar refractivity (Wildman–Crippen MR) is 43.1 cm³/mol. The van der Waals surface area contributed by atoms with Crippen LogP contribution in [0.25, 0.3) is 0 Å². The first-order valence-corrected chi connectivity index (χ1v) is 3.64. The normalized spacial score (nSPS) is 16.5. The van der Waals surface area contributed by atoms with Gasteiger partial charge in [-0.15, -0.1) is 0 Å². The molecular weight excluding hydrogens is 144 g/mol. The van der Waals surface area contributed by atoms with Crippen molar-refractivity contribution in [2.75, 3.05) is 6.54 Å². The van der Waals surface area contributed by atoms with E-state index in [0.29, 0.717) is 6.42 Å². The van der Waals surface area contributed by atoms with Crippen LogP contribution in [-0.4, -0.2) is 23.2 Å². The van der Waals surface area contributed by atoms with Gasteiger partial charge in [-0.25, -0.2) is 0 Å². The van der Waals surface area contributed by atoms with Gasteiger partial charge in [0.2, 0.25) is 0 Å². The lowest BCUT2D eigenvalue weighted by Gasteiger charge is -2.24.